The number of rotatable bonds is 3. The van der Waals surface area contributed by atoms with E-state index in [-0.39, 0.29) is 11.4 Å². The first-order valence-corrected chi connectivity index (χ1v) is 7.35. The van der Waals surface area contributed by atoms with E-state index in [1.807, 2.05) is 30.3 Å². The van der Waals surface area contributed by atoms with E-state index >= 15 is 0 Å². The lowest BCUT2D eigenvalue weighted by Gasteiger charge is -2.06. The molecule has 0 unspecified atom stereocenters. The summed E-state index contributed by atoms with van der Waals surface area (Å²) in [6.45, 7) is 16.5. The smallest absolute Gasteiger partial charge is 0.226 e. The molecule has 0 fully saturated rings. The maximum Gasteiger partial charge on any atom is 0.265 e. The van der Waals surface area contributed by atoms with Crippen LogP contribution < -0.4 is 0 Å². The minimum atomic E-state index is 0.0322. The van der Waals surface area contributed by atoms with Crippen LogP contribution in [0.2, 0.25) is 0 Å². The van der Waals surface area contributed by atoms with Crippen LogP contribution in [0.5, 0.6) is 0 Å². The Kier molecular flexibility index (Phi) is 4.94. The predicted octanol–water partition coefficient (Wildman–Crippen LogP) is 4.74. The first-order chi connectivity index (χ1) is 11.2. The van der Waals surface area contributed by atoms with Gasteiger partial charge in [0.15, 0.2) is 0 Å². The fourth-order valence-electron chi connectivity index (χ4n) is 2.75. The van der Waals surface area contributed by atoms with Crippen molar-refractivity contribution in [1.82, 2.24) is 0 Å². The van der Waals surface area contributed by atoms with Crippen molar-refractivity contribution in [3.8, 4) is 12.1 Å². The highest BCUT2D eigenvalue weighted by atomic mass is 14.7. The van der Waals surface area contributed by atoms with Crippen LogP contribution in [0.3, 0.4) is 0 Å². The quantitative estimate of drug-likeness (QED) is 0.597. The summed E-state index contributed by atoms with van der Waals surface area (Å²) >= 11 is 0. The van der Waals surface area contributed by atoms with Gasteiger partial charge in [0.1, 0.15) is 0 Å². The standard InChI is InChI=1S/C19H14N4/c1-4-5-6-13-7-8-14-15(9-13)17(19(12-21)23-3)10-16(14)18(11-20)22-2/h7-9H,4-6,10H2,1H3. The molecule has 1 aromatic carbocycles. The molecular weight excluding hydrogens is 284 g/mol. The number of nitriles is 2. The summed E-state index contributed by atoms with van der Waals surface area (Å²) in [4.78, 5) is 6.60. The van der Waals surface area contributed by atoms with Crippen molar-refractivity contribution in [2.75, 3.05) is 0 Å². The van der Waals surface area contributed by atoms with Gasteiger partial charge in [-0.3, -0.25) is 0 Å². The maximum absolute atomic E-state index is 9.20. The molecule has 0 aromatic heterocycles. The number of benzene rings is 1. The number of fused-ring (bicyclic) bond motifs is 1. The Hall–Kier alpha value is -3.34. The lowest BCUT2D eigenvalue weighted by molar-refractivity contribution is 0.795. The molecule has 0 N–H and O–H groups in total. The molecule has 0 bridgehead atoms. The highest BCUT2D eigenvalue weighted by Crippen LogP contribution is 2.44. The first-order valence-electron chi connectivity index (χ1n) is 7.35. The van der Waals surface area contributed by atoms with Crippen LogP contribution in [0.25, 0.3) is 20.8 Å². The summed E-state index contributed by atoms with van der Waals surface area (Å²) < 4.78 is 0. The summed E-state index contributed by atoms with van der Waals surface area (Å²) in [5.41, 5.74) is 4.07. The second kappa shape index (κ2) is 7.09. The van der Waals surface area contributed by atoms with Gasteiger partial charge in [0.2, 0.25) is 0 Å². The molecule has 1 aliphatic rings. The molecule has 23 heavy (non-hydrogen) atoms. The van der Waals surface area contributed by atoms with E-state index in [4.69, 9.17) is 18.4 Å². The second-order valence-electron chi connectivity index (χ2n) is 5.26. The van der Waals surface area contributed by atoms with Gasteiger partial charge in [0.25, 0.3) is 11.4 Å². The number of allylic oxidation sites excluding steroid dienone is 4. The maximum atomic E-state index is 9.20. The second-order valence-corrected chi connectivity index (χ2v) is 5.26. The Morgan fingerprint density at radius 2 is 1.70 bits per heavy atom. The molecule has 1 aliphatic carbocycles. The Balaban J connectivity index is 2.70. The van der Waals surface area contributed by atoms with Crippen LogP contribution in [0, 0.1) is 35.8 Å². The average molecular weight is 298 g/mol. The minimum absolute atomic E-state index is 0.0322. The van der Waals surface area contributed by atoms with Gasteiger partial charge in [0, 0.05) is 0 Å². The summed E-state index contributed by atoms with van der Waals surface area (Å²) in [6.07, 6.45) is 3.39. The Morgan fingerprint density at radius 1 is 1.09 bits per heavy atom. The van der Waals surface area contributed by atoms with Gasteiger partial charge in [-0.2, -0.15) is 0 Å². The third kappa shape index (κ3) is 2.98. The van der Waals surface area contributed by atoms with E-state index in [1.165, 1.54) is 0 Å². The zero-order chi connectivity index (χ0) is 16.8. The zero-order valence-electron chi connectivity index (χ0n) is 12.8. The van der Waals surface area contributed by atoms with Gasteiger partial charge in [-0.05, 0) is 47.1 Å². The minimum Gasteiger partial charge on any atom is -0.226 e. The molecule has 0 atom stereocenters. The number of hydrogen-bond donors (Lipinski definition) is 0. The van der Waals surface area contributed by atoms with Gasteiger partial charge in [0.05, 0.1) is 25.3 Å². The molecule has 2 rings (SSSR count). The van der Waals surface area contributed by atoms with Gasteiger partial charge < -0.3 is 0 Å². The van der Waals surface area contributed by atoms with E-state index in [0.717, 1.165) is 36.0 Å². The van der Waals surface area contributed by atoms with E-state index < -0.39 is 0 Å². The van der Waals surface area contributed by atoms with Crippen LogP contribution in [0.1, 0.15) is 42.9 Å². The molecule has 0 saturated carbocycles. The highest BCUT2D eigenvalue weighted by molar-refractivity contribution is 5.97. The van der Waals surface area contributed by atoms with Crippen molar-refractivity contribution < 1.29 is 0 Å². The van der Waals surface area contributed by atoms with E-state index in [9.17, 15) is 5.26 Å². The number of aryl methyl sites for hydroxylation is 1. The monoisotopic (exact) mass is 298 g/mol. The summed E-state index contributed by atoms with van der Waals surface area (Å²) in [5.74, 6) is 0. The Bertz CT molecular complexity index is 842. The molecule has 0 saturated heterocycles. The predicted molar refractivity (Wildman–Crippen MR) is 87.9 cm³/mol. The number of hydrogen-bond acceptors (Lipinski definition) is 2. The third-order valence-electron chi connectivity index (χ3n) is 3.91. The topological polar surface area (TPSA) is 56.3 Å². The first kappa shape index (κ1) is 16.0. The van der Waals surface area contributed by atoms with Crippen molar-refractivity contribution in [2.45, 2.75) is 32.6 Å². The van der Waals surface area contributed by atoms with Crippen molar-refractivity contribution in [3.05, 3.63) is 69.1 Å². The molecule has 1 aromatic rings. The fraction of sp³-hybridized carbons (Fsp3) is 0.263. The molecule has 4 nitrogen and oxygen atoms in total. The molecular formula is C19H14N4. The van der Waals surface area contributed by atoms with E-state index in [2.05, 4.69) is 16.6 Å². The lowest BCUT2D eigenvalue weighted by Crippen LogP contribution is -1.90. The molecule has 0 amide bonds. The Morgan fingerprint density at radius 3 is 2.22 bits per heavy atom. The van der Waals surface area contributed by atoms with Crippen LogP contribution in [0.15, 0.2) is 29.6 Å². The van der Waals surface area contributed by atoms with Crippen LogP contribution >= 0.6 is 0 Å². The zero-order valence-corrected chi connectivity index (χ0v) is 12.8. The Labute approximate surface area is 136 Å². The lowest BCUT2D eigenvalue weighted by atomic mass is 9.99. The van der Waals surface area contributed by atoms with Crippen LogP contribution in [-0.2, 0) is 6.42 Å². The average Bonchev–Trinajstić information content (AvgIpc) is 2.94. The van der Waals surface area contributed by atoms with Gasteiger partial charge in [-0.1, -0.05) is 31.5 Å². The third-order valence-corrected chi connectivity index (χ3v) is 3.91. The molecule has 0 aliphatic heterocycles. The van der Waals surface area contributed by atoms with Crippen molar-refractivity contribution in [3.63, 3.8) is 0 Å². The van der Waals surface area contributed by atoms with Crippen LogP contribution in [0.4, 0.5) is 0 Å². The summed E-state index contributed by atoms with van der Waals surface area (Å²) in [5, 5.41) is 18.4. The highest BCUT2D eigenvalue weighted by Gasteiger charge is 2.27. The van der Waals surface area contributed by atoms with Gasteiger partial charge >= 0.3 is 0 Å². The summed E-state index contributed by atoms with van der Waals surface area (Å²) in [7, 11) is 0. The molecule has 4 heteroatoms. The van der Waals surface area contributed by atoms with Gasteiger partial charge in [-0.15, -0.1) is 0 Å². The van der Waals surface area contributed by atoms with Crippen LogP contribution in [-0.4, -0.2) is 0 Å². The summed E-state index contributed by atoms with van der Waals surface area (Å²) in [6, 6.07) is 9.76. The van der Waals surface area contributed by atoms with Crippen molar-refractivity contribution in [1.29, 1.82) is 10.5 Å². The normalized spacial score (nSPS) is 16.4. The number of nitrogens with zero attached hydrogens (tertiary/aromatic N) is 4. The van der Waals surface area contributed by atoms with Crippen molar-refractivity contribution >= 4 is 11.1 Å². The van der Waals surface area contributed by atoms with Crippen molar-refractivity contribution in [2.24, 2.45) is 0 Å². The van der Waals surface area contributed by atoms with E-state index in [1.54, 1.807) is 0 Å². The van der Waals surface area contributed by atoms with Gasteiger partial charge in [-0.25, -0.2) is 20.2 Å². The van der Waals surface area contributed by atoms with E-state index in [0.29, 0.717) is 17.6 Å². The SMILES string of the molecule is [C-]#[N+]C(C#N)=C1CC(=C(C#N)[N+]#[C-])c2cc(CCCC)ccc21. The molecule has 110 valence electrons. The number of unbranched alkanes of at least 4 members (excludes halogenated alkanes) is 1. The molecule has 0 spiro atoms. The fourth-order valence-corrected chi connectivity index (χ4v) is 2.75. The molecule has 0 heterocycles. The molecule has 0 radical (unpaired) electrons. The largest absolute Gasteiger partial charge is 0.265 e.